The first-order valence-corrected chi connectivity index (χ1v) is 19.7. The zero-order valence-electron chi connectivity index (χ0n) is 29.3. The third kappa shape index (κ3) is 5.32. The van der Waals surface area contributed by atoms with Crippen LogP contribution in [0.1, 0.15) is 0 Å². The number of benzene rings is 8. The van der Waals surface area contributed by atoms with Crippen LogP contribution in [0.3, 0.4) is 0 Å². The molecule has 4 nitrogen and oxygen atoms in total. The Morgan fingerprint density at radius 1 is 0.436 bits per heavy atom. The summed E-state index contributed by atoms with van der Waals surface area (Å²) in [6.45, 7) is 8.04. The number of nitrogens with zero attached hydrogens (tertiary/aromatic N) is 4. The largest absolute Gasteiger partial charge is 0.310 e. The van der Waals surface area contributed by atoms with Crippen LogP contribution in [0.4, 0.5) is 5.69 Å². The first-order chi connectivity index (χ1) is 27.2. The summed E-state index contributed by atoms with van der Waals surface area (Å²) in [5.41, 5.74) is 12.7. The first-order valence-electron chi connectivity index (χ1n) is 18.1. The van der Waals surface area contributed by atoms with Gasteiger partial charge in [-0.1, -0.05) is 109 Å². The van der Waals surface area contributed by atoms with Gasteiger partial charge in [0.1, 0.15) is 10.0 Å². The molecule has 0 spiro atoms. The van der Waals surface area contributed by atoms with Crippen molar-refractivity contribution >= 4 is 81.4 Å². The molecule has 0 saturated carbocycles. The molecule has 0 aliphatic carbocycles. The van der Waals surface area contributed by atoms with Crippen LogP contribution < -0.4 is 0 Å². The van der Waals surface area contributed by atoms with E-state index in [4.69, 9.17) is 16.5 Å². The molecule has 0 N–H and O–H groups in total. The Labute approximate surface area is 324 Å². The standard InChI is InChI=1S/C49H28N4S2/c1-50-43-29-37(24-36-14-8-9-15-38(36)43)53-44-22-18-32(34-16-20-41-46(27-34)54-48(51-41)30-10-4-2-5-11-30)25-39(44)40-26-33(19-23-45(40)53)35-17-21-42-47(28-35)55-49(52-42)31-12-6-3-7-13-31/h2-29H. The van der Waals surface area contributed by atoms with E-state index in [1.165, 1.54) is 0 Å². The van der Waals surface area contributed by atoms with Gasteiger partial charge in [0.25, 0.3) is 0 Å². The smallest absolute Gasteiger partial charge is 0.196 e. The summed E-state index contributed by atoms with van der Waals surface area (Å²) >= 11 is 3.46. The molecule has 11 aromatic rings. The molecule has 256 valence electrons. The van der Waals surface area contributed by atoms with Gasteiger partial charge in [0.2, 0.25) is 0 Å². The van der Waals surface area contributed by atoms with Gasteiger partial charge in [0, 0.05) is 27.6 Å². The van der Waals surface area contributed by atoms with Gasteiger partial charge in [-0.3, -0.25) is 0 Å². The molecule has 11 rings (SSSR count). The lowest BCUT2D eigenvalue weighted by molar-refractivity contribution is 1.19. The Morgan fingerprint density at radius 3 is 1.47 bits per heavy atom. The number of thiazole rings is 2. The second-order valence-electron chi connectivity index (χ2n) is 13.7. The van der Waals surface area contributed by atoms with E-state index in [0.717, 1.165) is 102 Å². The molecule has 0 atom stereocenters. The van der Waals surface area contributed by atoms with Crippen molar-refractivity contribution in [3.05, 3.63) is 181 Å². The van der Waals surface area contributed by atoms with Crippen LogP contribution in [0, 0.1) is 6.57 Å². The van der Waals surface area contributed by atoms with Crippen molar-refractivity contribution < 1.29 is 0 Å². The van der Waals surface area contributed by atoms with Crippen LogP contribution in [0.15, 0.2) is 170 Å². The third-order valence-corrected chi connectivity index (χ3v) is 12.6. The minimum atomic E-state index is 0.650. The SMILES string of the molecule is [C-]#[N+]c1cc(-n2c3ccc(-c4ccc5nc(-c6ccccc6)sc5c4)cc3c3cc(-c4ccc5nc(-c6ccccc6)sc5c4)ccc32)cc2ccccc12. The van der Waals surface area contributed by atoms with E-state index in [1.807, 2.05) is 36.4 Å². The maximum absolute atomic E-state index is 8.04. The van der Waals surface area contributed by atoms with Crippen molar-refractivity contribution in [2.75, 3.05) is 0 Å². The quantitative estimate of drug-likeness (QED) is 0.165. The molecule has 3 heterocycles. The number of hydrogen-bond donors (Lipinski definition) is 0. The fourth-order valence-electron chi connectivity index (χ4n) is 7.77. The Bertz CT molecular complexity index is 3160. The summed E-state index contributed by atoms with van der Waals surface area (Å²) in [6.07, 6.45) is 0. The second-order valence-corrected chi connectivity index (χ2v) is 15.8. The average molecular weight is 737 g/mol. The lowest BCUT2D eigenvalue weighted by Crippen LogP contribution is -1.94. The summed E-state index contributed by atoms with van der Waals surface area (Å²) in [5, 5.41) is 6.39. The van der Waals surface area contributed by atoms with Gasteiger partial charge in [0.05, 0.1) is 38.0 Å². The molecule has 6 heteroatoms. The second kappa shape index (κ2) is 12.6. The highest BCUT2D eigenvalue weighted by molar-refractivity contribution is 7.22. The zero-order valence-corrected chi connectivity index (χ0v) is 30.9. The van der Waals surface area contributed by atoms with Crippen molar-refractivity contribution in [3.63, 3.8) is 0 Å². The maximum Gasteiger partial charge on any atom is 0.196 e. The summed E-state index contributed by atoms with van der Waals surface area (Å²) in [5.74, 6) is 0. The highest BCUT2D eigenvalue weighted by atomic mass is 32.1. The third-order valence-electron chi connectivity index (χ3n) is 10.5. The average Bonchev–Trinajstić information content (AvgIpc) is 3.97. The van der Waals surface area contributed by atoms with E-state index in [9.17, 15) is 0 Å². The molecule has 0 bridgehead atoms. The van der Waals surface area contributed by atoms with Gasteiger partial charge in [-0.05, 0) is 93.7 Å². The van der Waals surface area contributed by atoms with Crippen molar-refractivity contribution in [2.24, 2.45) is 0 Å². The summed E-state index contributed by atoms with van der Waals surface area (Å²) < 4.78 is 4.65. The van der Waals surface area contributed by atoms with Crippen molar-refractivity contribution in [3.8, 4) is 49.1 Å². The number of fused-ring (bicyclic) bond motifs is 6. The molecule has 3 aromatic heterocycles. The van der Waals surface area contributed by atoms with Crippen LogP contribution in [0.5, 0.6) is 0 Å². The molecular formula is C49H28N4S2. The van der Waals surface area contributed by atoms with Gasteiger partial charge in [-0.2, -0.15) is 0 Å². The first kappa shape index (κ1) is 31.6. The van der Waals surface area contributed by atoms with Gasteiger partial charge in [-0.25, -0.2) is 14.8 Å². The molecule has 0 aliphatic heterocycles. The van der Waals surface area contributed by atoms with Crippen molar-refractivity contribution in [1.82, 2.24) is 14.5 Å². The lowest BCUT2D eigenvalue weighted by Gasteiger charge is -2.11. The topological polar surface area (TPSA) is 35.1 Å². The minimum Gasteiger partial charge on any atom is -0.310 e. The fraction of sp³-hybridized carbons (Fsp3) is 0. The highest BCUT2D eigenvalue weighted by Gasteiger charge is 2.17. The van der Waals surface area contributed by atoms with Gasteiger partial charge in [-0.15, -0.1) is 22.7 Å². The molecule has 0 fully saturated rings. The van der Waals surface area contributed by atoms with Gasteiger partial charge < -0.3 is 4.57 Å². The van der Waals surface area contributed by atoms with Crippen LogP contribution in [-0.4, -0.2) is 14.5 Å². The fourth-order valence-corrected chi connectivity index (χ4v) is 9.79. The molecule has 0 radical (unpaired) electrons. The van der Waals surface area contributed by atoms with Crippen molar-refractivity contribution in [1.29, 1.82) is 0 Å². The molecule has 0 saturated heterocycles. The highest BCUT2D eigenvalue weighted by Crippen LogP contribution is 2.41. The number of rotatable bonds is 5. The Kier molecular flexibility index (Phi) is 7.24. The van der Waals surface area contributed by atoms with E-state index in [-0.39, 0.29) is 0 Å². The minimum absolute atomic E-state index is 0.650. The van der Waals surface area contributed by atoms with Gasteiger partial charge in [0.15, 0.2) is 5.69 Å². The molecule has 55 heavy (non-hydrogen) atoms. The van der Waals surface area contributed by atoms with Gasteiger partial charge >= 0.3 is 0 Å². The normalized spacial score (nSPS) is 11.6. The molecule has 0 unspecified atom stereocenters. The van der Waals surface area contributed by atoms with Crippen molar-refractivity contribution in [2.45, 2.75) is 0 Å². The van der Waals surface area contributed by atoms with E-state index < -0.39 is 0 Å². The summed E-state index contributed by atoms with van der Waals surface area (Å²) in [4.78, 5) is 13.8. The Morgan fingerprint density at radius 2 is 0.927 bits per heavy atom. The van der Waals surface area contributed by atoms with E-state index >= 15 is 0 Å². The summed E-state index contributed by atoms with van der Waals surface area (Å²) in [7, 11) is 0. The monoisotopic (exact) mass is 736 g/mol. The molecular weight excluding hydrogens is 709 g/mol. The number of aromatic nitrogens is 3. The Balaban J connectivity index is 1.09. The predicted molar refractivity (Wildman–Crippen MR) is 233 cm³/mol. The van der Waals surface area contributed by atoms with E-state index in [2.05, 4.69) is 143 Å². The van der Waals surface area contributed by atoms with Crippen LogP contribution in [-0.2, 0) is 0 Å². The summed E-state index contributed by atoms with van der Waals surface area (Å²) in [6, 6.07) is 59.9. The van der Waals surface area contributed by atoms with E-state index in [0.29, 0.717) is 5.69 Å². The Hall–Kier alpha value is -6.91. The maximum atomic E-state index is 8.04. The lowest BCUT2D eigenvalue weighted by atomic mass is 10.00. The number of hydrogen-bond acceptors (Lipinski definition) is 4. The van der Waals surface area contributed by atoms with Crippen LogP contribution >= 0.6 is 22.7 Å². The molecule has 0 amide bonds. The predicted octanol–water partition coefficient (Wildman–Crippen LogP) is 14.4. The molecule has 0 aliphatic rings. The van der Waals surface area contributed by atoms with Crippen LogP contribution in [0.2, 0.25) is 0 Å². The molecule has 8 aromatic carbocycles. The van der Waals surface area contributed by atoms with Crippen LogP contribution in [0.25, 0.3) is 107 Å². The van der Waals surface area contributed by atoms with E-state index in [1.54, 1.807) is 22.7 Å². The zero-order chi connectivity index (χ0) is 36.5.